The third kappa shape index (κ3) is 7.47. The van der Waals surface area contributed by atoms with E-state index in [-0.39, 0.29) is 0 Å². The summed E-state index contributed by atoms with van der Waals surface area (Å²) in [5.74, 6) is 0. The molecule has 0 aromatic carbocycles. The predicted molar refractivity (Wildman–Crippen MR) is 101 cm³/mol. The molecule has 7 heteroatoms. The van der Waals surface area contributed by atoms with E-state index in [4.69, 9.17) is 21.8 Å². The molecular weight excluding hydrogens is 340 g/mol. The molecule has 0 N–H and O–H groups in total. The Morgan fingerprint density at radius 2 is 1.46 bits per heavy atom. The first-order valence-corrected chi connectivity index (χ1v) is 13.6. The maximum atomic E-state index is 6.44. The highest BCUT2D eigenvalue weighted by atomic mass is 28.5. The zero-order valence-electron chi connectivity index (χ0n) is 16.2. The van der Waals surface area contributed by atoms with Crippen LogP contribution in [-0.4, -0.2) is 44.0 Å². The van der Waals surface area contributed by atoms with Gasteiger partial charge in [-0.25, -0.2) is 0 Å². The summed E-state index contributed by atoms with van der Waals surface area (Å²) >= 11 is 0. The van der Waals surface area contributed by atoms with Gasteiger partial charge >= 0.3 is 17.6 Å². The first-order valence-electron chi connectivity index (χ1n) is 9.47. The molecule has 0 aromatic heterocycles. The van der Waals surface area contributed by atoms with Gasteiger partial charge in [-0.15, -0.1) is 0 Å². The summed E-state index contributed by atoms with van der Waals surface area (Å²) in [6.07, 6.45) is 8.46. The molecule has 1 atom stereocenters. The minimum atomic E-state index is -3.14. The summed E-state index contributed by atoms with van der Waals surface area (Å²) in [5.41, 5.74) is 1.54. The van der Waals surface area contributed by atoms with Gasteiger partial charge in [0.1, 0.15) is 0 Å². The molecule has 0 spiro atoms. The van der Waals surface area contributed by atoms with E-state index in [1.807, 2.05) is 27.7 Å². The number of rotatable bonds is 13. The predicted octanol–water partition coefficient (Wildman–Crippen LogP) is 4.55. The van der Waals surface area contributed by atoms with Crippen molar-refractivity contribution in [3.8, 4) is 0 Å². The first-order chi connectivity index (χ1) is 11.5. The van der Waals surface area contributed by atoms with Gasteiger partial charge < -0.3 is 21.8 Å². The molecule has 0 aliphatic heterocycles. The van der Waals surface area contributed by atoms with Crippen LogP contribution in [0.3, 0.4) is 0 Å². The topological polar surface area (TPSA) is 46.2 Å². The SMILES string of the molecule is CCO[Si](C)(CCC1=CCCCC1)O[Si](OCC)(OCC)OCC. The zero-order chi connectivity index (χ0) is 17.9. The lowest BCUT2D eigenvalue weighted by Crippen LogP contribution is -2.58. The van der Waals surface area contributed by atoms with E-state index in [1.54, 1.807) is 5.57 Å². The molecular formula is C17H36O5Si2. The maximum Gasteiger partial charge on any atom is 0.670 e. The normalized spacial score (nSPS) is 18.3. The molecule has 0 fully saturated rings. The van der Waals surface area contributed by atoms with Gasteiger partial charge in [-0.05, 0) is 72.4 Å². The van der Waals surface area contributed by atoms with Crippen LogP contribution < -0.4 is 0 Å². The summed E-state index contributed by atoms with van der Waals surface area (Å²) < 4.78 is 30.1. The van der Waals surface area contributed by atoms with Crippen LogP contribution in [-0.2, 0) is 21.8 Å². The molecule has 0 bridgehead atoms. The molecule has 0 amide bonds. The van der Waals surface area contributed by atoms with Gasteiger partial charge in [-0.1, -0.05) is 11.6 Å². The lowest BCUT2D eigenvalue weighted by Gasteiger charge is -2.36. The minimum absolute atomic E-state index is 0.508. The molecule has 1 aliphatic rings. The molecule has 1 rings (SSSR count). The molecule has 1 unspecified atom stereocenters. The van der Waals surface area contributed by atoms with Crippen molar-refractivity contribution < 1.29 is 21.8 Å². The third-order valence-corrected chi connectivity index (χ3v) is 10.8. The van der Waals surface area contributed by atoms with Crippen LogP contribution in [0.2, 0.25) is 12.6 Å². The molecule has 5 nitrogen and oxygen atoms in total. The minimum Gasteiger partial charge on any atom is -0.395 e. The summed E-state index contributed by atoms with van der Waals surface area (Å²) in [7, 11) is -5.57. The van der Waals surface area contributed by atoms with Crippen molar-refractivity contribution in [2.75, 3.05) is 26.4 Å². The fourth-order valence-electron chi connectivity index (χ4n) is 2.99. The van der Waals surface area contributed by atoms with Crippen LogP contribution in [0.4, 0.5) is 0 Å². The molecule has 0 heterocycles. The monoisotopic (exact) mass is 376 g/mol. The second kappa shape index (κ2) is 11.6. The van der Waals surface area contributed by atoms with Gasteiger partial charge in [0, 0.05) is 26.4 Å². The second-order valence-electron chi connectivity index (χ2n) is 6.08. The Hall–Kier alpha value is -0.0262. The van der Waals surface area contributed by atoms with Gasteiger partial charge in [0.05, 0.1) is 0 Å². The van der Waals surface area contributed by atoms with Crippen molar-refractivity contribution in [1.29, 1.82) is 0 Å². The smallest absolute Gasteiger partial charge is 0.395 e. The van der Waals surface area contributed by atoms with Gasteiger partial charge in [-0.3, -0.25) is 0 Å². The highest BCUT2D eigenvalue weighted by Gasteiger charge is 2.52. The molecule has 0 aromatic rings. The highest BCUT2D eigenvalue weighted by molar-refractivity contribution is 6.75. The Labute approximate surface area is 150 Å². The van der Waals surface area contributed by atoms with Crippen molar-refractivity contribution in [1.82, 2.24) is 0 Å². The first kappa shape index (κ1) is 22.0. The Morgan fingerprint density at radius 1 is 0.875 bits per heavy atom. The number of allylic oxidation sites excluding steroid dienone is 2. The fourth-order valence-corrected chi connectivity index (χ4v) is 9.29. The average molecular weight is 377 g/mol. The van der Waals surface area contributed by atoms with Gasteiger partial charge in [0.2, 0.25) is 0 Å². The lowest BCUT2D eigenvalue weighted by atomic mass is 9.98. The third-order valence-electron chi connectivity index (χ3n) is 4.04. The molecule has 24 heavy (non-hydrogen) atoms. The van der Waals surface area contributed by atoms with E-state index in [9.17, 15) is 0 Å². The summed E-state index contributed by atoms with van der Waals surface area (Å²) in [5, 5.41) is 0. The Balaban J connectivity index is 2.81. The number of hydrogen-bond acceptors (Lipinski definition) is 5. The van der Waals surface area contributed by atoms with Crippen molar-refractivity contribution in [3.63, 3.8) is 0 Å². The van der Waals surface area contributed by atoms with E-state index in [1.165, 1.54) is 25.7 Å². The van der Waals surface area contributed by atoms with E-state index >= 15 is 0 Å². The fraction of sp³-hybridized carbons (Fsp3) is 0.882. The van der Waals surface area contributed by atoms with Crippen molar-refractivity contribution in [3.05, 3.63) is 11.6 Å². The molecule has 1 aliphatic carbocycles. The van der Waals surface area contributed by atoms with Gasteiger partial charge in [0.25, 0.3) is 0 Å². The molecule has 142 valence electrons. The van der Waals surface area contributed by atoms with Crippen LogP contribution in [0.5, 0.6) is 0 Å². The van der Waals surface area contributed by atoms with Crippen molar-refractivity contribution >= 4 is 17.6 Å². The summed E-state index contributed by atoms with van der Waals surface area (Å²) in [6.45, 7) is 12.1. The second-order valence-corrected chi connectivity index (χ2v) is 11.8. The van der Waals surface area contributed by atoms with E-state index < -0.39 is 17.6 Å². The quantitative estimate of drug-likeness (QED) is 0.349. The largest absolute Gasteiger partial charge is 0.670 e. The van der Waals surface area contributed by atoms with E-state index in [0.29, 0.717) is 26.4 Å². The Morgan fingerprint density at radius 3 is 1.92 bits per heavy atom. The van der Waals surface area contributed by atoms with Crippen LogP contribution >= 0.6 is 0 Å². The standard InChI is InChI=1S/C17H36O5Si2/c1-6-18-23(5,16-15-17-13-11-10-12-14-17)22-24(19-7-2,20-8-3)21-9-4/h13H,6-12,14-16H2,1-5H3. The van der Waals surface area contributed by atoms with Crippen LogP contribution in [0.1, 0.15) is 59.8 Å². The van der Waals surface area contributed by atoms with E-state index in [2.05, 4.69) is 12.6 Å². The van der Waals surface area contributed by atoms with Crippen LogP contribution in [0.25, 0.3) is 0 Å². The van der Waals surface area contributed by atoms with Gasteiger partial charge in [0.15, 0.2) is 0 Å². The molecule has 0 saturated carbocycles. The molecule has 0 saturated heterocycles. The Kier molecular flexibility index (Phi) is 10.6. The zero-order valence-corrected chi connectivity index (χ0v) is 18.2. The van der Waals surface area contributed by atoms with Crippen molar-refractivity contribution in [2.45, 2.75) is 72.4 Å². The lowest BCUT2D eigenvalue weighted by molar-refractivity contribution is -0.00251. The molecule has 0 radical (unpaired) electrons. The van der Waals surface area contributed by atoms with Crippen LogP contribution in [0.15, 0.2) is 11.6 Å². The van der Waals surface area contributed by atoms with E-state index in [0.717, 1.165) is 12.5 Å². The van der Waals surface area contributed by atoms with Crippen LogP contribution in [0, 0.1) is 0 Å². The average Bonchev–Trinajstić information content (AvgIpc) is 2.55. The summed E-state index contributed by atoms with van der Waals surface area (Å²) in [4.78, 5) is 0. The Bertz CT molecular complexity index is 361. The van der Waals surface area contributed by atoms with Gasteiger partial charge in [-0.2, -0.15) is 0 Å². The highest BCUT2D eigenvalue weighted by Crippen LogP contribution is 2.29. The summed E-state index contributed by atoms with van der Waals surface area (Å²) in [6, 6.07) is 0.911. The number of hydrogen-bond donors (Lipinski definition) is 0. The van der Waals surface area contributed by atoms with Crippen molar-refractivity contribution in [2.24, 2.45) is 0 Å². The maximum absolute atomic E-state index is 6.44.